The van der Waals surface area contributed by atoms with E-state index < -0.39 is 0 Å². The lowest BCUT2D eigenvalue weighted by Crippen LogP contribution is -2.55. The molecule has 1 saturated heterocycles. The molecule has 0 radical (unpaired) electrons. The minimum Gasteiger partial charge on any atom is -0.383 e. The second kappa shape index (κ2) is 8.32. The lowest BCUT2D eigenvalue weighted by atomic mass is 10.2. The molecule has 118 valence electrons. The van der Waals surface area contributed by atoms with Crippen molar-refractivity contribution in [3.8, 4) is 0 Å². The lowest BCUT2D eigenvalue weighted by molar-refractivity contribution is 0.0840. The van der Waals surface area contributed by atoms with Crippen LogP contribution in [-0.2, 0) is 4.74 Å². The molecule has 2 heterocycles. The highest BCUT2D eigenvalue weighted by Crippen LogP contribution is 2.14. The molecule has 5 nitrogen and oxygen atoms in total. The predicted molar refractivity (Wildman–Crippen MR) is 86.8 cm³/mol. The normalized spacial score (nSPS) is 18.2. The third kappa shape index (κ3) is 4.95. The molecular weight excluding hydrogens is 264 g/mol. The van der Waals surface area contributed by atoms with Crippen LogP contribution in [0.3, 0.4) is 0 Å². The fraction of sp³-hybridized carbons (Fsp3) is 0.688. The van der Waals surface area contributed by atoms with E-state index in [1.165, 1.54) is 0 Å². The van der Waals surface area contributed by atoms with Crippen molar-refractivity contribution in [3.05, 3.63) is 24.4 Å². The SMILES string of the molecule is COCC(CNC(C)C)N1CCN(c2ccccn2)CC1. The Balaban J connectivity index is 1.85. The predicted octanol–water partition coefficient (Wildman–Crippen LogP) is 1.22. The second-order valence-corrected chi connectivity index (χ2v) is 5.88. The van der Waals surface area contributed by atoms with E-state index in [-0.39, 0.29) is 0 Å². The molecule has 5 heteroatoms. The summed E-state index contributed by atoms with van der Waals surface area (Å²) in [5.74, 6) is 1.08. The van der Waals surface area contributed by atoms with Gasteiger partial charge in [-0.25, -0.2) is 4.98 Å². The monoisotopic (exact) mass is 292 g/mol. The summed E-state index contributed by atoms with van der Waals surface area (Å²) in [6, 6.07) is 7.06. The zero-order valence-corrected chi connectivity index (χ0v) is 13.5. The summed E-state index contributed by atoms with van der Waals surface area (Å²) < 4.78 is 5.39. The van der Waals surface area contributed by atoms with Crippen LogP contribution in [0.4, 0.5) is 5.82 Å². The number of anilines is 1. The van der Waals surface area contributed by atoms with Gasteiger partial charge in [0.1, 0.15) is 5.82 Å². The first kappa shape index (κ1) is 16.2. The molecule has 1 atom stereocenters. The molecule has 1 aliphatic rings. The molecule has 1 aliphatic heterocycles. The van der Waals surface area contributed by atoms with Gasteiger partial charge < -0.3 is 15.0 Å². The summed E-state index contributed by atoms with van der Waals surface area (Å²) in [6.45, 7) is 10.3. The van der Waals surface area contributed by atoms with E-state index in [1.54, 1.807) is 7.11 Å². The Bertz CT molecular complexity index is 391. The first-order valence-corrected chi connectivity index (χ1v) is 7.83. The van der Waals surface area contributed by atoms with Crippen molar-refractivity contribution in [2.75, 3.05) is 51.3 Å². The zero-order chi connectivity index (χ0) is 15.1. The Labute approximate surface area is 128 Å². The largest absolute Gasteiger partial charge is 0.383 e. The number of nitrogens with one attached hydrogen (secondary N) is 1. The number of hydrogen-bond donors (Lipinski definition) is 1. The number of methoxy groups -OCH3 is 1. The van der Waals surface area contributed by atoms with Crippen LogP contribution < -0.4 is 10.2 Å². The van der Waals surface area contributed by atoms with Crippen molar-refractivity contribution in [1.29, 1.82) is 0 Å². The zero-order valence-electron chi connectivity index (χ0n) is 13.5. The Kier molecular flexibility index (Phi) is 6.42. The summed E-state index contributed by atoms with van der Waals surface area (Å²) in [6.07, 6.45) is 1.86. The van der Waals surface area contributed by atoms with Crippen molar-refractivity contribution in [2.45, 2.75) is 25.9 Å². The van der Waals surface area contributed by atoms with Gasteiger partial charge in [0.2, 0.25) is 0 Å². The molecule has 2 rings (SSSR count). The molecule has 0 saturated carbocycles. The fourth-order valence-corrected chi connectivity index (χ4v) is 2.71. The third-order valence-corrected chi connectivity index (χ3v) is 3.92. The Hall–Kier alpha value is -1.17. The minimum absolute atomic E-state index is 0.447. The van der Waals surface area contributed by atoms with Gasteiger partial charge in [0.05, 0.1) is 6.61 Å². The summed E-state index contributed by atoms with van der Waals surface area (Å²) in [5, 5.41) is 3.52. The topological polar surface area (TPSA) is 40.6 Å². The summed E-state index contributed by atoms with van der Waals surface area (Å²) in [7, 11) is 1.78. The van der Waals surface area contributed by atoms with E-state index in [0.717, 1.165) is 45.1 Å². The van der Waals surface area contributed by atoms with Crippen LogP contribution in [0.5, 0.6) is 0 Å². The molecule has 0 aliphatic carbocycles. The van der Waals surface area contributed by atoms with Crippen molar-refractivity contribution >= 4 is 5.82 Å². The second-order valence-electron chi connectivity index (χ2n) is 5.88. The maximum absolute atomic E-state index is 5.39. The van der Waals surface area contributed by atoms with Crippen molar-refractivity contribution in [3.63, 3.8) is 0 Å². The number of nitrogens with zero attached hydrogens (tertiary/aromatic N) is 3. The van der Waals surface area contributed by atoms with E-state index in [9.17, 15) is 0 Å². The van der Waals surface area contributed by atoms with Crippen molar-refractivity contribution in [2.24, 2.45) is 0 Å². The quantitative estimate of drug-likeness (QED) is 0.818. The number of aromatic nitrogens is 1. The first-order chi connectivity index (χ1) is 10.2. The fourth-order valence-electron chi connectivity index (χ4n) is 2.71. The standard InChI is InChI=1S/C16H28N4O/c1-14(2)18-12-15(13-21-3)19-8-10-20(11-9-19)16-6-4-5-7-17-16/h4-7,14-15,18H,8-13H2,1-3H3. The first-order valence-electron chi connectivity index (χ1n) is 7.83. The molecule has 1 unspecified atom stereocenters. The van der Waals surface area contributed by atoms with Crippen LogP contribution in [0.15, 0.2) is 24.4 Å². The molecule has 0 aromatic carbocycles. The third-order valence-electron chi connectivity index (χ3n) is 3.92. The van der Waals surface area contributed by atoms with Gasteiger partial charge in [0.15, 0.2) is 0 Å². The molecule has 1 fully saturated rings. The molecule has 1 aromatic rings. The van der Waals surface area contributed by atoms with Gasteiger partial charge in [0.25, 0.3) is 0 Å². The van der Waals surface area contributed by atoms with Crippen LogP contribution in [0.25, 0.3) is 0 Å². The van der Waals surface area contributed by atoms with Gasteiger partial charge in [0, 0.05) is 58.1 Å². The number of pyridine rings is 1. The minimum atomic E-state index is 0.447. The molecule has 0 spiro atoms. The molecule has 0 bridgehead atoms. The molecule has 1 aromatic heterocycles. The average molecular weight is 292 g/mol. The highest BCUT2D eigenvalue weighted by molar-refractivity contribution is 5.38. The average Bonchev–Trinajstić information content (AvgIpc) is 2.52. The van der Waals surface area contributed by atoms with Gasteiger partial charge >= 0.3 is 0 Å². The van der Waals surface area contributed by atoms with E-state index in [4.69, 9.17) is 4.74 Å². The van der Waals surface area contributed by atoms with Gasteiger partial charge in [-0.05, 0) is 12.1 Å². The van der Waals surface area contributed by atoms with Crippen molar-refractivity contribution in [1.82, 2.24) is 15.2 Å². The van der Waals surface area contributed by atoms with Gasteiger partial charge in [-0.1, -0.05) is 19.9 Å². The van der Waals surface area contributed by atoms with Gasteiger partial charge in [-0.15, -0.1) is 0 Å². The van der Waals surface area contributed by atoms with E-state index >= 15 is 0 Å². The van der Waals surface area contributed by atoms with E-state index in [1.807, 2.05) is 12.3 Å². The smallest absolute Gasteiger partial charge is 0.128 e. The van der Waals surface area contributed by atoms with Crippen LogP contribution in [-0.4, -0.2) is 68.4 Å². The van der Waals surface area contributed by atoms with Crippen LogP contribution in [0, 0.1) is 0 Å². The molecule has 1 N–H and O–H groups in total. The molecule has 21 heavy (non-hydrogen) atoms. The number of hydrogen-bond acceptors (Lipinski definition) is 5. The Morgan fingerprint density at radius 3 is 2.57 bits per heavy atom. The van der Waals surface area contributed by atoms with Gasteiger partial charge in [-0.3, -0.25) is 4.90 Å². The van der Waals surface area contributed by atoms with Gasteiger partial charge in [-0.2, -0.15) is 0 Å². The maximum atomic E-state index is 5.39. The summed E-state index contributed by atoms with van der Waals surface area (Å²) >= 11 is 0. The van der Waals surface area contributed by atoms with E-state index in [2.05, 4.69) is 46.1 Å². The number of rotatable bonds is 7. The highest BCUT2D eigenvalue weighted by atomic mass is 16.5. The lowest BCUT2D eigenvalue weighted by Gasteiger charge is -2.39. The molecular formula is C16H28N4O. The highest BCUT2D eigenvalue weighted by Gasteiger charge is 2.24. The van der Waals surface area contributed by atoms with Crippen LogP contribution >= 0.6 is 0 Å². The number of piperazine rings is 1. The maximum Gasteiger partial charge on any atom is 0.128 e. The summed E-state index contributed by atoms with van der Waals surface area (Å²) in [4.78, 5) is 9.32. The summed E-state index contributed by atoms with van der Waals surface area (Å²) in [5.41, 5.74) is 0. The number of ether oxygens (including phenoxy) is 1. The Morgan fingerprint density at radius 2 is 2.00 bits per heavy atom. The van der Waals surface area contributed by atoms with Crippen molar-refractivity contribution < 1.29 is 4.74 Å². The van der Waals surface area contributed by atoms with E-state index in [0.29, 0.717) is 12.1 Å². The van der Waals surface area contributed by atoms with Crippen LogP contribution in [0.1, 0.15) is 13.8 Å². The molecule has 0 amide bonds. The Morgan fingerprint density at radius 1 is 1.24 bits per heavy atom. The van der Waals surface area contributed by atoms with Crippen LogP contribution in [0.2, 0.25) is 0 Å².